The van der Waals surface area contributed by atoms with Gasteiger partial charge in [0.2, 0.25) is 0 Å². The van der Waals surface area contributed by atoms with Crippen LogP contribution in [0.4, 0.5) is 0 Å². The van der Waals surface area contributed by atoms with E-state index < -0.39 is 12.0 Å². The summed E-state index contributed by atoms with van der Waals surface area (Å²) in [6.07, 6.45) is 1.79. The van der Waals surface area contributed by atoms with Crippen LogP contribution in [0.15, 0.2) is 68.0 Å². The molecule has 0 amide bonds. The van der Waals surface area contributed by atoms with Gasteiger partial charge in [0.1, 0.15) is 0 Å². The third-order valence-corrected chi connectivity index (χ3v) is 6.95. The summed E-state index contributed by atoms with van der Waals surface area (Å²) in [6, 6.07) is 12.5. The van der Waals surface area contributed by atoms with E-state index in [9.17, 15) is 9.59 Å². The van der Waals surface area contributed by atoms with Gasteiger partial charge in [0.05, 0.1) is 47.1 Å². The van der Waals surface area contributed by atoms with Crippen LogP contribution in [-0.2, 0) is 9.53 Å². The minimum Gasteiger partial charge on any atom is -0.492 e. The smallest absolute Gasteiger partial charge is 0.338 e. The molecule has 2 aromatic carbocycles. The van der Waals surface area contributed by atoms with E-state index >= 15 is 0 Å². The first-order chi connectivity index (χ1) is 16.4. The van der Waals surface area contributed by atoms with Crippen molar-refractivity contribution in [3.8, 4) is 11.5 Å². The Hall–Kier alpha value is -3.17. The lowest BCUT2D eigenvalue weighted by atomic mass is 9.96. The normalized spacial score (nSPS) is 15.6. The van der Waals surface area contributed by atoms with Gasteiger partial charge in [-0.05, 0) is 59.1 Å². The van der Waals surface area contributed by atoms with Crippen LogP contribution in [-0.4, -0.2) is 31.4 Å². The van der Waals surface area contributed by atoms with Gasteiger partial charge in [0.25, 0.3) is 5.56 Å². The topological polar surface area (TPSA) is 79.1 Å². The fourth-order valence-corrected chi connectivity index (χ4v) is 5.60. The van der Waals surface area contributed by atoms with Gasteiger partial charge in [-0.3, -0.25) is 9.36 Å². The van der Waals surface area contributed by atoms with Crippen molar-refractivity contribution in [2.45, 2.75) is 19.9 Å². The Morgan fingerprint density at radius 2 is 1.97 bits per heavy atom. The van der Waals surface area contributed by atoms with Gasteiger partial charge in [-0.25, -0.2) is 9.79 Å². The molecule has 0 bridgehead atoms. The second-order valence-corrected chi connectivity index (χ2v) is 9.31. The molecule has 7 nitrogen and oxygen atoms in total. The van der Waals surface area contributed by atoms with E-state index in [1.54, 1.807) is 24.7 Å². The zero-order valence-corrected chi connectivity index (χ0v) is 21.5. The van der Waals surface area contributed by atoms with Gasteiger partial charge < -0.3 is 14.2 Å². The van der Waals surface area contributed by atoms with E-state index in [1.807, 2.05) is 49.4 Å². The molecule has 176 valence electrons. The molecular weight excluding hydrogens is 520 g/mol. The molecule has 4 rings (SSSR count). The Balaban J connectivity index is 1.94. The van der Waals surface area contributed by atoms with Crippen molar-refractivity contribution in [2.24, 2.45) is 4.99 Å². The Bertz CT molecular complexity index is 1460. The molecule has 9 heteroatoms. The zero-order chi connectivity index (χ0) is 24.4. The molecule has 2 heterocycles. The molecule has 0 spiro atoms. The number of rotatable bonds is 6. The first kappa shape index (κ1) is 24.0. The number of esters is 1. The predicted molar refractivity (Wildman–Crippen MR) is 134 cm³/mol. The van der Waals surface area contributed by atoms with E-state index in [2.05, 4.69) is 20.9 Å². The molecule has 0 saturated carbocycles. The summed E-state index contributed by atoms with van der Waals surface area (Å²) in [5.41, 5.74) is 2.20. The van der Waals surface area contributed by atoms with Gasteiger partial charge in [-0.15, -0.1) is 0 Å². The van der Waals surface area contributed by atoms with Crippen molar-refractivity contribution in [2.75, 3.05) is 20.8 Å². The Morgan fingerprint density at radius 1 is 1.24 bits per heavy atom. The monoisotopic (exact) mass is 542 g/mol. The van der Waals surface area contributed by atoms with Crippen molar-refractivity contribution >= 4 is 39.3 Å². The highest BCUT2D eigenvalue weighted by Crippen LogP contribution is 2.37. The van der Waals surface area contributed by atoms with Crippen LogP contribution in [0.1, 0.15) is 31.0 Å². The summed E-state index contributed by atoms with van der Waals surface area (Å²) in [4.78, 5) is 31.4. The van der Waals surface area contributed by atoms with Crippen LogP contribution >= 0.6 is 27.3 Å². The van der Waals surface area contributed by atoms with E-state index in [0.29, 0.717) is 43.2 Å². The second kappa shape index (κ2) is 9.99. The lowest BCUT2D eigenvalue weighted by molar-refractivity contribution is -0.136. The number of thiazole rings is 1. The molecule has 0 fully saturated rings. The third kappa shape index (κ3) is 4.33. The van der Waals surface area contributed by atoms with E-state index in [4.69, 9.17) is 14.2 Å². The van der Waals surface area contributed by atoms with Gasteiger partial charge in [0, 0.05) is 0 Å². The number of halogens is 1. The van der Waals surface area contributed by atoms with E-state index in [-0.39, 0.29) is 5.56 Å². The van der Waals surface area contributed by atoms with Crippen molar-refractivity contribution < 1.29 is 19.0 Å². The minimum atomic E-state index is -0.631. The lowest BCUT2D eigenvalue weighted by Gasteiger charge is -2.24. The highest BCUT2D eigenvalue weighted by atomic mass is 79.9. The average molecular weight is 543 g/mol. The maximum atomic E-state index is 13.6. The van der Waals surface area contributed by atoms with Crippen LogP contribution in [0.2, 0.25) is 0 Å². The van der Waals surface area contributed by atoms with Crippen LogP contribution in [0.3, 0.4) is 0 Å². The standard InChI is InChI=1S/C25H23BrN2O5S/c1-5-33-18-12-15(11-17(26)22(18)31-3)13-19-23(29)28-21(16-9-7-6-8-10-16)20(24(30)32-4)14(2)27-25(28)34-19/h6-13,21H,5H2,1-4H3/b19-13-/t21-/m1/s1. The molecule has 0 saturated heterocycles. The predicted octanol–water partition coefficient (Wildman–Crippen LogP) is 3.58. The van der Waals surface area contributed by atoms with Gasteiger partial charge in [0.15, 0.2) is 16.3 Å². The number of hydrogen-bond acceptors (Lipinski definition) is 7. The second-order valence-electron chi connectivity index (χ2n) is 7.45. The first-order valence-corrected chi connectivity index (χ1v) is 12.2. The Kier molecular flexibility index (Phi) is 7.04. The number of methoxy groups -OCH3 is 2. The van der Waals surface area contributed by atoms with Crippen LogP contribution in [0.25, 0.3) is 6.08 Å². The van der Waals surface area contributed by atoms with Crippen molar-refractivity contribution in [1.29, 1.82) is 0 Å². The molecule has 34 heavy (non-hydrogen) atoms. The van der Waals surface area contributed by atoms with E-state index in [0.717, 1.165) is 11.1 Å². The molecule has 3 aromatic rings. The summed E-state index contributed by atoms with van der Waals surface area (Å²) >= 11 is 4.79. The molecule has 0 aliphatic carbocycles. The minimum absolute atomic E-state index is 0.239. The summed E-state index contributed by atoms with van der Waals surface area (Å²) in [6.45, 7) is 4.12. The number of nitrogens with zero attached hydrogens (tertiary/aromatic N) is 2. The summed E-state index contributed by atoms with van der Waals surface area (Å²) < 4.78 is 18.9. The molecule has 0 unspecified atom stereocenters. The highest BCUT2D eigenvalue weighted by molar-refractivity contribution is 9.10. The number of carbonyl (C=O) groups excluding carboxylic acids is 1. The largest absolute Gasteiger partial charge is 0.492 e. The molecule has 0 N–H and O–H groups in total. The van der Waals surface area contributed by atoms with Gasteiger partial charge in [-0.1, -0.05) is 41.7 Å². The maximum Gasteiger partial charge on any atom is 0.338 e. The number of fused-ring (bicyclic) bond motifs is 1. The first-order valence-electron chi connectivity index (χ1n) is 10.6. The molecule has 1 aliphatic rings. The number of ether oxygens (including phenoxy) is 3. The number of benzene rings is 2. The van der Waals surface area contributed by atoms with Gasteiger partial charge in [-0.2, -0.15) is 0 Å². The Labute approximate surface area is 208 Å². The number of carbonyl (C=O) groups is 1. The summed E-state index contributed by atoms with van der Waals surface area (Å²) in [5, 5.41) is 0. The summed E-state index contributed by atoms with van der Waals surface area (Å²) in [7, 11) is 2.90. The number of aromatic nitrogens is 1. The lowest BCUT2D eigenvalue weighted by Crippen LogP contribution is -2.39. The van der Waals surface area contributed by atoms with Crippen LogP contribution < -0.4 is 24.4 Å². The quantitative estimate of drug-likeness (QED) is 0.445. The number of allylic oxidation sites excluding steroid dienone is 1. The molecule has 1 aromatic heterocycles. The zero-order valence-electron chi connectivity index (χ0n) is 19.1. The fourth-order valence-electron chi connectivity index (χ4n) is 3.93. The van der Waals surface area contributed by atoms with Crippen molar-refractivity contribution in [3.63, 3.8) is 0 Å². The summed E-state index contributed by atoms with van der Waals surface area (Å²) in [5.74, 6) is 0.650. The molecule has 0 radical (unpaired) electrons. The highest BCUT2D eigenvalue weighted by Gasteiger charge is 2.32. The van der Waals surface area contributed by atoms with Crippen LogP contribution in [0, 0.1) is 0 Å². The molecular formula is C25H23BrN2O5S. The van der Waals surface area contributed by atoms with Crippen LogP contribution in [0.5, 0.6) is 11.5 Å². The number of hydrogen-bond donors (Lipinski definition) is 0. The Morgan fingerprint density at radius 3 is 2.62 bits per heavy atom. The average Bonchev–Trinajstić information content (AvgIpc) is 3.12. The molecule has 1 atom stereocenters. The molecule has 1 aliphatic heterocycles. The fraction of sp³-hybridized carbons (Fsp3) is 0.240. The van der Waals surface area contributed by atoms with Gasteiger partial charge >= 0.3 is 5.97 Å². The van der Waals surface area contributed by atoms with Crippen molar-refractivity contribution in [1.82, 2.24) is 4.57 Å². The third-order valence-electron chi connectivity index (χ3n) is 5.38. The van der Waals surface area contributed by atoms with Crippen molar-refractivity contribution in [3.05, 3.63) is 89.0 Å². The van der Waals surface area contributed by atoms with E-state index in [1.165, 1.54) is 18.4 Å². The SMILES string of the molecule is CCOc1cc(/C=c2\sc3n(c2=O)[C@H](c2ccccc2)C(C(=O)OC)=C(C)N=3)cc(Br)c1OC. The maximum absolute atomic E-state index is 13.6.